The molecule has 0 spiro atoms. The van der Waals surface area contributed by atoms with Crippen molar-refractivity contribution >= 4 is 40.3 Å². The number of thioether (sulfide) groups is 1. The second kappa shape index (κ2) is 7.58. The van der Waals surface area contributed by atoms with Crippen LogP contribution in [-0.4, -0.2) is 23.2 Å². The lowest BCUT2D eigenvalue weighted by atomic mass is 10.4. The maximum absolute atomic E-state index is 12.1. The third-order valence-electron chi connectivity index (χ3n) is 2.86. The smallest absolute Gasteiger partial charge is 0.263 e. The third-order valence-corrected chi connectivity index (χ3v) is 5.91. The van der Waals surface area contributed by atoms with E-state index in [9.17, 15) is 4.79 Å². The molecular formula is C16H14N2OS3. The third kappa shape index (κ3) is 3.97. The summed E-state index contributed by atoms with van der Waals surface area (Å²) in [7, 11) is 0. The molecule has 0 saturated carbocycles. The van der Waals surface area contributed by atoms with Crippen molar-refractivity contribution in [2.75, 3.05) is 12.3 Å². The summed E-state index contributed by atoms with van der Waals surface area (Å²) in [5, 5.41) is 5.85. The lowest BCUT2D eigenvalue weighted by Gasteiger charge is -2.03. The Kier molecular flexibility index (Phi) is 5.26. The molecule has 0 unspecified atom stereocenters. The first kappa shape index (κ1) is 15.3. The summed E-state index contributed by atoms with van der Waals surface area (Å²) in [6.07, 6.45) is 1.65. The van der Waals surface area contributed by atoms with Gasteiger partial charge in [0.1, 0.15) is 9.88 Å². The molecule has 0 radical (unpaired) electrons. The Morgan fingerprint density at radius 1 is 1.18 bits per heavy atom. The first-order valence-corrected chi connectivity index (χ1v) is 9.47. The average Bonchev–Trinajstić information content (AvgIpc) is 3.22. The van der Waals surface area contributed by atoms with Crippen molar-refractivity contribution < 1.29 is 4.79 Å². The van der Waals surface area contributed by atoms with Crippen molar-refractivity contribution in [3.8, 4) is 9.88 Å². The number of hydrogen-bond acceptors (Lipinski definition) is 5. The predicted molar refractivity (Wildman–Crippen MR) is 94.9 cm³/mol. The number of nitrogens with zero attached hydrogens (tertiary/aromatic N) is 1. The zero-order valence-corrected chi connectivity index (χ0v) is 14.1. The molecule has 1 aromatic carbocycles. The first-order chi connectivity index (χ1) is 10.8. The molecule has 3 nitrogen and oxygen atoms in total. The van der Waals surface area contributed by atoms with Gasteiger partial charge in [-0.1, -0.05) is 24.3 Å². The second-order valence-corrected chi connectivity index (χ2v) is 7.57. The Labute approximate surface area is 141 Å². The molecule has 0 saturated heterocycles. The second-order valence-electron chi connectivity index (χ2n) is 4.42. The van der Waals surface area contributed by atoms with E-state index in [1.165, 1.54) is 16.2 Å². The molecule has 0 bridgehead atoms. The molecular weight excluding hydrogens is 332 g/mol. The van der Waals surface area contributed by atoms with Gasteiger partial charge in [0.25, 0.3) is 5.91 Å². The van der Waals surface area contributed by atoms with Crippen LogP contribution in [0.5, 0.6) is 0 Å². The number of thiazole rings is 1. The monoisotopic (exact) mass is 346 g/mol. The summed E-state index contributed by atoms with van der Waals surface area (Å²) in [6.45, 7) is 0.643. The fourth-order valence-corrected chi connectivity index (χ4v) is 4.26. The number of hydrogen-bond donors (Lipinski definition) is 1. The van der Waals surface area contributed by atoms with Crippen LogP contribution in [0, 0.1) is 0 Å². The Hall–Kier alpha value is -1.63. The highest BCUT2D eigenvalue weighted by molar-refractivity contribution is 7.99. The van der Waals surface area contributed by atoms with E-state index < -0.39 is 0 Å². The van der Waals surface area contributed by atoms with E-state index >= 15 is 0 Å². The zero-order valence-electron chi connectivity index (χ0n) is 11.7. The van der Waals surface area contributed by atoms with Crippen molar-refractivity contribution in [1.82, 2.24) is 10.3 Å². The standard InChI is InChI=1S/C16H14N2OS3/c19-15(17-8-10-20-12-5-2-1-3-6-12)14-11-18-16(22-14)13-7-4-9-21-13/h1-7,9,11H,8,10H2,(H,17,19). The van der Waals surface area contributed by atoms with Crippen LogP contribution >= 0.6 is 34.4 Å². The number of benzene rings is 1. The molecule has 1 N–H and O–H groups in total. The summed E-state index contributed by atoms with van der Waals surface area (Å²) in [5.74, 6) is 0.806. The van der Waals surface area contributed by atoms with Gasteiger partial charge in [-0.25, -0.2) is 4.98 Å². The number of carbonyl (C=O) groups excluding carboxylic acids is 1. The van der Waals surface area contributed by atoms with Gasteiger partial charge in [-0.3, -0.25) is 4.79 Å². The topological polar surface area (TPSA) is 42.0 Å². The van der Waals surface area contributed by atoms with Gasteiger partial charge in [0.05, 0.1) is 11.1 Å². The van der Waals surface area contributed by atoms with E-state index in [-0.39, 0.29) is 5.91 Å². The van der Waals surface area contributed by atoms with E-state index in [1.807, 2.05) is 35.7 Å². The van der Waals surface area contributed by atoms with Crippen molar-refractivity contribution in [2.45, 2.75) is 4.90 Å². The summed E-state index contributed by atoms with van der Waals surface area (Å²) in [4.78, 5) is 19.4. The van der Waals surface area contributed by atoms with Gasteiger partial charge in [0.2, 0.25) is 0 Å². The van der Waals surface area contributed by atoms with E-state index in [0.717, 1.165) is 15.6 Å². The number of nitrogens with one attached hydrogen (secondary N) is 1. The molecule has 22 heavy (non-hydrogen) atoms. The number of amides is 1. The van der Waals surface area contributed by atoms with Crippen molar-refractivity contribution in [1.29, 1.82) is 0 Å². The molecule has 0 atom stereocenters. The number of carbonyl (C=O) groups is 1. The molecule has 1 amide bonds. The first-order valence-electron chi connectivity index (χ1n) is 6.79. The highest BCUT2D eigenvalue weighted by Crippen LogP contribution is 2.28. The zero-order chi connectivity index (χ0) is 15.2. The van der Waals surface area contributed by atoms with Crippen LogP contribution in [0.25, 0.3) is 9.88 Å². The van der Waals surface area contributed by atoms with Crippen LogP contribution < -0.4 is 5.32 Å². The normalized spacial score (nSPS) is 10.5. The fraction of sp³-hybridized carbons (Fsp3) is 0.125. The summed E-state index contributed by atoms with van der Waals surface area (Å²) < 4.78 is 0. The van der Waals surface area contributed by atoms with Crippen molar-refractivity contribution in [2.24, 2.45) is 0 Å². The number of thiophene rings is 1. The lowest BCUT2D eigenvalue weighted by Crippen LogP contribution is -2.24. The molecule has 3 aromatic rings. The fourth-order valence-electron chi connectivity index (χ4n) is 1.83. The quantitative estimate of drug-likeness (QED) is 0.531. The summed E-state index contributed by atoms with van der Waals surface area (Å²) in [5.41, 5.74) is 0. The molecule has 0 aliphatic heterocycles. The molecule has 0 fully saturated rings. The van der Waals surface area contributed by atoms with E-state index in [2.05, 4.69) is 22.4 Å². The Morgan fingerprint density at radius 3 is 2.82 bits per heavy atom. The Bertz CT molecular complexity index is 723. The van der Waals surface area contributed by atoms with E-state index in [1.54, 1.807) is 29.3 Å². The Morgan fingerprint density at radius 2 is 2.05 bits per heavy atom. The highest BCUT2D eigenvalue weighted by atomic mass is 32.2. The van der Waals surface area contributed by atoms with Gasteiger partial charge in [-0.05, 0) is 23.6 Å². The van der Waals surface area contributed by atoms with Crippen LogP contribution in [-0.2, 0) is 0 Å². The van der Waals surface area contributed by atoms with Crippen molar-refractivity contribution in [3.63, 3.8) is 0 Å². The van der Waals surface area contributed by atoms with Crippen LogP contribution in [0.1, 0.15) is 9.67 Å². The maximum Gasteiger partial charge on any atom is 0.263 e. The number of aromatic nitrogens is 1. The highest BCUT2D eigenvalue weighted by Gasteiger charge is 2.11. The molecule has 2 heterocycles. The lowest BCUT2D eigenvalue weighted by molar-refractivity contribution is 0.0960. The van der Waals surface area contributed by atoms with Gasteiger partial charge in [-0.15, -0.1) is 34.4 Å². The van der Waals surface area contributed by atoms with E-state index in [4.69, 9.17) is 0 Å². The van der Waals surface area contributed by atoms with Gasteiger partial charge >= 0.3 is 0 Å². The van der Waals surface area contributed by atoms with Gasteiger partial charge in [0.15, 0.2) is 0 Å². The minimum Gasteiger partial charge on any atom is -0.350 e. The summed E-state index contributed by atoms with van der Waals surface area (Å²) >= 11 is 4.80. The predicted octanol–water partition coefficient (Wildman–Crippen LogP) is 4.39. The SMILES string of the molecule is O=C(NCCSc1ccccc1)c1cnc(-c2cccs2)s1. The Balaban J connectivity index is 1.48. The van der Waals surface area contributed by atoms with Gasteiger partial charge in [0, 0.05) is 17.2 Å². The maximum atomic E-state index is 12.1. The molecule has 2 aromatic heterocycles. The van der Waals surface area contributed by atoms with E-state index in [0.29, 0.717) is 11.4 Å². The van der Waals surface area contributed by atoms with Crippen molar-refractivity contribution in [3.05, 3.63) is 58.9 Å². The minimum atomic E-state index is -0.0473. The average molecular weight is 347 g/mol. The summed E-state index contributed by atoms with van der Waals surface area (Å²) in [6, 6.07) is 14.2. The molecule has 0 aliphatic rings. The molecule has 0 aliphatic carbocycles. The largest absolute Gasteiger partial charge is 0.350 e. The minimum absolute atomic E-state index is 0.0473. The van der Waals surface area contributed by atoms with Crippen LogP contribution in [0.3, 0.4) is 0 Å². The van der Waals surface area contributed by atoms with Crippen LogP contribution in [0.4, 0.5) is 0 Å². The number of rotatable bonds is 6. The molecule has 6 heteroatoms. The van der Waals surface area contributed by atoms with Crippen LogP contribution in [0.2, 0.25) is 0 Å². The molecule has 112 valence electrons. The van der Waals surface area contributed by atoms with Gasteiger partial charge in [-0.2, -0.15) is 0 Å². The van der Waals surface area contributed by atoms with Crippen LogP contribution in [0.15, 0.2) is 58.9 Å². The van der Waals surface area contributed by atoms with Gasteiger partial charge < -0.3 is 5.32 Å². The molecule has 3 rings (SSSR count).